The van der Waals surface area contributed by atoms with Crippen molar-refractivity contribution < 1.29 is 9.90 Å². The fourth-order valence-corrected chi connectivity index (χ4v) is 1.82. The number of hydrogen-bond acceptors (Lipinski definition) is 3. The molecule has 2 rings (SSSR count). The molecular formula is C15H12N2O2. The van der Waals surface area contributed by atoms with E-state index in [4.69, 9.17) is 10.4 Å². The Hall–Kier alpha value is -2.67. The van der Waals surface area contributed by atoms with Crippen molar-refractivity contribution in [1.29, 1.82) is 5.26 Å². The van der Waals surface area contributed by atoms with Crippen LogP contribution in [0.2, 0.25) is 0 Å². The lowest BCUT2D eigenvalue weighted by Crippen LogP contribution is -2.14. The number of pyridine rings is 1. The van der Waals surface area contributed by atoms with Crippen LogP contribution >= 0.6 is 0 Å². The van der Waals surface area contributed by atoms with Gasteiger partial charge in [0, 0.05) is 11.8 Å². The maximum atomic E-state index is 10.9. The van der Waals surface area contributed by atoms with Crippen LogP contribution in [0.5, 0.6) is 0 Å². The van der Waals surface area contributed by atoms with Crippen molar-refractivity contribution in [2.24, 2.45) is 5.92 Å². The zero-order valence-corrected chi connectivity index (χ0v) is 10.2. The topological polar surface area (TPSA) is 74.0 Å². The van der Waals surface area contributed by atoms with Crippen LogP contribution in [0.15, 0.2) is 48.7 Å². The first-order valence-electron chi connectivity index (χ1n) is 5.83. The number of rotatable bonds is 4. The van der Waals surface area contributed by atoms with Gasteiger partial charge in [-0.25, -0.2) is 0 Å². The van der Waals surface area contributed by atoms with Gasteiger partial charge >= 0.3 is 5.97 Å². The largest absolute Gasteiger partial charge is 0.480 e. The van der Waals surface area contributed by atoms with E-state index in [0.717, 1.165) is 16.8 Å². The Bertz CT molecular complexity index is 618. The standard InChI is InChI=1S/C15H12N2O2/c16-10-13(15(18)19)9-11-4-3-5-12(8-11)14-6-1-2-7-17-14/h1-8,13H,9H2,(H,18,19)/t13-/m0/s1. The van der Waals surface area contributed by atoms with E-state index in [1.807, 2.05) is 42.5 Å². The van der Waals surface area contributed by atoms with E-state index in [-0.39, 0.29) is 6.42 Å². The Morgan fingerprint density at radius 1 is 1.32 bits per heavy atom. The molecule has 0 aliphatic carbocycles. The van der Waals surface area contributed by atoms with Gasteiger partial charge in [-0.2, -0.15) is 5.26 Å². The second kappa shape index (κ2) is 5.78. The van der Waals surface area contributed by atoms with Crippen LogP contribution < -0.4 is 0 Å². The summed E-state index contributed by atoms with van der Waals surface area (Å²) in [5.74, 6) is -2.11. The number of aromatic nitrogens is 1. The first-order valence-corrected chi connectivity index (χ1v) is 5.83. The van der Waals surface area contributed by atoms with Gasteiger partial charge in [-0.15, -0.1) is 0 Å². The number of nitriles is 1. The van der Waals surface area contributed by atoms with E-state index in [1.165, 1.54) is 0 Å². The normalized spacial score (nSPS) is 11.5. The maximum Gasteiger partial charge on any atom is 0.321 e. The van der Waals surface area contributed by atoms with Crippen LogP contribution in [-0.4, -0.2) is 16.1 Å². The molecule has 2 aromatic rings. The molecule has 0 amide bonds. The van der Waals surface area contributed by atoms with Crippen LogP contribution in [0.3, 0.4) is 0 Å². The molecule has 1 atom stereocenters. The van der Waals surface area contributed by atoms with Crippen molar-refractivity contribution in [2.45, 2.75) is 6.42 Å². The molecule has 0 saturated heterocycles. The van der Waals surface area contributed by atoms with E-state index in [0.29, 0.717) is 0 Å². The summed E-state index contributed by atoms with van der Waals surface area (Å²) in [7, 11) is 0. The molecule has 0 aliphatic heterocycles. The highest BCUT2D eigenvalue weighted by atomic mass is 16.4. The molecule has 1 N–H and O–H groups in total. The SMILES string of the molecule is N#C[C@H](Cc1cccc(-c2ccccn2)c1)C(=O)O. The Labute approximate surface area is 111 Å². The first-order chi connectivity index (χ1) is 9.20. The lowest BCUT2D eigenvalue weighted by atomic mass is 9.98. The van der Waals surface area contributed by atoms with E-state index < -0.39 is 11.9 Å². The number of hydrogen-bond donors (Lipinski definition) is 1. The summed E-state index contributed by atoms with van der Waals surface area (Å²) < 4.78 is 0. The van der Waals surface area contributed by atoms with Crippen LogP contribution in [0, 0.1) is 17.2 Å². The van der Waals surface area contributed by atoms with Crippen molar-refractivity contribution in [2.75, 3.05) is 0 Å². The number of carboxylic acids is 1. The quantitative estimate of drug-likeness (QED) is 0.907. The molecule has 1 heterocycles. The summed E-state index contributed by atoms with van der Waals surface area (Å²) >= 11 is 0. The zero-order chi connectivity index (χ0) is 13.7. The number of carbonyl (C=O) groups is 1. The molecule has 0 spiro atoms. The summed E-state index contributed by atoms with van der Waals surface area (Å²) in [4.78, 5) is 15.1. The van der Waals surface area contributed by atoms with E-state index >= 15 is 0 Å². The number of carboxylic acid groups (broad SMARTS) is 1. The van der Waals surface area contributed by atoms with E-state index in [1.54, 1.807) is 12.3 Å². The number of benzene rings is 1. The fourth-order valence-electron chi connectivity index (χ4n) is 1.82. The number of aliphatic carboxylic acids is 1. The Kier molecular flexibility index (Phi) is 3.89. The molecule has 0 aliphatic rings. The second-order valence-electron chi connectivity index (χ2n) is 4.14. The van der Waals surface area contributed by atoms with Gasteiger partial charge < -0.3 is 5.11 Å². The van der Waals surface area contributed by atoms with Gasteiger partial charge in [-0.1, -0.05) is 24.3 Å². The summed E-state index contributed by atoms with van der Waals surface area (Å²) in [5, 5.41) is 17.7. The molecule has 94 valence electrons. The predicted octanol–water partition coefficient (Wildman–Crippen LogP) is 2.52. The first kappa shape index (κ1) is 12.8. The Balaban J connectivity index is 2.26. The van der Waals surface area contributed by atoms with Crippen molar-refractivity contribution in [1.82, 2.24) is 4.98 Å². The van der Waals surface area contributed by atoms with Crippen molar-refractivity contribution in [3.05, 3.63) is 54.2 Å². The minimum atomic E-state index is -1.09. The van der Waals surface area contributed by atoms with Gasteiger partial charge in [0.2, 0.25) is 0 Å². The van der Waals surface area contributed by atoms with E-state index in [9.17, 15) is 4.79 Å². The summed E-state index contributed by atoms with van der Waals surface area (Å²) in [5.41, 5.74) is 2.56. The van der Waals surface area contributed by atoms with Crippen LogP contribution in [0.25, 0.3) is 11.3 Å². The summed E-state index contributed by atoms with van der Waals surface area (Å²) in [6, 6.07) is 14.9. The average Bonchev–Trinajstić information content (AvgIpc) is 2.45. The third-order valence-corrected chi connectivity index (χ3v) is 2.78. The Morgan fingerprint density at radius 3 is 2.79 bits per heavy atom. The second-order valence-corrected chi connectivity index (χ2v) is 4.14. The van der Waals surface area contributed by atoms with E-state index in [2.05, 4.69) is 4.98 Å². The molecule has 1 aromatic heterocycles. The van der Waals surface area contributed by atoms with Gasteiger partial charge in [0.05, 0.1) is 11.8 Å². The average molecular weight is 252 g/mol. The van der Waals surface area contributed by atoms with Crippen LogP contribution in [0.4, 0.5) is 0 Å². The molecule has 1 aromatic carbocycles. The summed E-state index contributed by atoms with van der Waals surface area (Å²) in [6.07, 6.45) is 1.91. The van der Waals surface area contributed by atoms with Crippen LogP contribution in [-0.2, 0) is 11.2 Å². The highest BCUT2D eigenvalue weighted by Crippen LogP contribution is 2.19. The zero-order valence-electron chi connectivity index (χ0n) is 10.2. The molecular weight excluding hydrogens is 240 g/mol. The lowest BCUT2D eigenvalue weighted by Gasteiger charge is -2.06. The predicted molar refractivity (Wildman–Crippen MR) is 70.1 cm³/mol. The third kappa shape index (κ3) is 3.17. The lowest BCUT2D eigenvalue weighted by molar-refractivity contribution is -0.139. The smallest absolute Gasteiger partial charge is 0.321 e. The Morgan fingerprint density at radius 2 is 2.16 bits per heavy atom. The third-order valence-electron chi connectivity index (χ3n) is 2.78. The molecule has 0 bridgehead atoms. The summed E-state index contributed by atoms with van der Waals surface area (Å²) in [6.45, 7) is 0. The minimum Gasteiger partial charge on any atom is -0.480 e. The highest BCUT2D eigenvalue weighted by Gasteiger charge is 2.17. The molecule has 0 saturated carbocycles. The van der Waals surface area contributed by atoms with Gasteiger partial charge in [0.15, 0.2) is 0 Å². The van der Waals surface area contributed by atoms with Gasteiger partial charge in [-0.05, 0) is 30.2 Å². The molecule has 0 fully saturated rings. The van der Waals surface area contributed by atoms with Crippen LogP contribution in [0.1, 0.15) is 5.56 Å². The number of nitrogens with zero attached hydrogens (tertiary/aromatic N) is 2. The maximum absolute atomic E-state index is 10.9. The van der Waals surface area contributed by atoms with Gasteiger partial charge in [-0.3, -0.25) is 9.78 Å². The minimum absolute atomic E-state index is 0.201. The van der Waals surface area contributed by atoms with Gasteiger partial charge in [0.1, 0.15) is 5.92 Å². The highest BCUT2D eigenvalue weighted by molar-refractivity contribution is 5.73. The van der Waals surface area contributed by atoms with Crippen molar-refractivity contribution in [3.63, 3.8) is 0 Å². The fraction of sp³-hybridized carbons (Fsp3) is 0.133. The van der Waals surface area contributed by atoms with Gasteiger partial charge in [0.25, 0.3) is 0 Å². The molecule has 4 heteroatoms. The molecule has 0 radical (unpaired) electrons. The molecule has 0 unspecified atom stereocenters. The monoisotopic (exact) mass is 252 g/mol. The van der Waals surface area contributed by atoms with Crippen molar-refractivity contribution in [3.8, 4) is 17.3 Å². The van der Waals surface area contributed by atoms with Crippen molar-refractivity contribution >= 4 is 5.97 Å². The molecule has 19 heavy (non-hydrogen) atoms. The molecule has 4 nitrogen and oxygen atoms in total.